The number of ether oxygens (including phenoxy) is 1. The van der Waals surface area contributed by atoms with Gasteiger partial charge in [0.1, 0.15) is 11.9 Å². The quantitative estimate of drug-likeness (QED) is 0.862. The summed E-state index contributed by atoms with van der Waals surface area (Å²) >= 11 is 0. The molecule has 2 N–H and O–H groups in total. The molecule has 100 valence electrons. The van der Waals surface area contributed by atoms with Crippen molar-refractivity contribution in [3.8, 4) is 5.75 Å². The van der Waals surface area contributed by atoms with Crippen molar-refractivity contribution in [2.24, 2.45) is 5.73 Å². The van der Waals surface area contributed by atoms with Crippen LogP contribution in [0, 0.1) is 17.5 Å². The Balaban J connectivity index is 2.26. The van der Waals surface area contributed by atoms with E-state index in [4.69, 9.17) is 10.5 Å². The van der Waals surface area contributed by atoms with Gasteiger partial charge in [-0.1, -0.05) is 0 Å². The third-order valence-electron chi connectivity index (χ3n) is 2.57. The molecule has 1 aromatic rings. The predicted octanol–water partition coefficient (Wildman–Crippen LogP) is 0.607. The van der Waals surface area contributed by atoms with Gasteiger partial charge in [-0.3, -0.25) is 0 Å². The van der Waals surface area contributed by atoms with Crippen LogP contribution in [0.2, 0.25) is 0 Å². The number of hydrogen-bond acceptors (Lipinski definition) is 4. The summed E-state index contributed by atoms with van der Waals surface area (Å²) in [6, 6.07) is 0.0414. The van der Waals surface area contributed by atoms with Crippen LogP contribution in [0.3, 0.4) is 0 Å². The Morgan fingerprint density at radius 2 is 1.72 bits per heavy atom. The van der Waals surface area contributed by atoms with Crippen molar-refractivity contribution in [1.29, 1.82) is 0 Å². The van der Waals surface area contributed by atoms with Gasteiger partial charge in [0.25, 0.3) is 0 Å². The van der Waals surface area contributed by atoms with E-state index in [-0.39, 0.29) is 5.75 Å². The van der Waals surface area contributed by atoms with Gasteiger partial charge < -0.3 is 10.5 Å². The molecule has 0 aromatic heterocycles. The highest BCUT2D eigenvalue weighted by Crippen LogP contribution is 2.26. The lowest BCUT2D eigenvalue weighted by Crippen LogP contribution is -2.37. The van der Waals surface area contributed by atoms with Crippen LogP contribution >= 0.6 is 0 Å². The van der Waals surface area contributed by atoms with E-state index in [1.54, 1.807) is 0 Å². The average Bonchev–Trinajstić information content (AvgIpc) is 2.45. The molecule has 1 heterocycles. The minimum Gasteiger partial charge on any atom is -0.482 e. The number of rotatable bonds is 2. The molecule has 0 amide bonds. The number of benzene rings is 1. The lowest BCUT2D eigenvalue weighted by Gasteiger charge is -2.17. The summed E-state index contributed by atoms with van der Waals surface area (Å²) in [4.78, 5) is 0. The van der Waals surface area contributed by atoms with Crippen LogP contribution in [0.5, 0.6) is 5.75 Å². The molecule has 0 saturated carbocycles. The molecule has 1 saturated heterocycles. The van der Waals surface area contributed by atoms with E-state index in [0.717, 1.165) is 0 Å². The monoisotopic (exact) mass is 281 g/mol. The van der Waals surface area contributed by atoms with Gasteiger partial charge in [0.15, 0.2) is 27.2 Å². The first-order chi connectivity index (χ1) is 8.28. The maximum Gasteiger partial charge on any atom is 0.191 e. The van der Waals surface area contributed by atoms with Crippen molar-refractivity contribution in [1.82, 2.24) is 0 Å². The van der Waals surface area contributed by atoms with Gasteiger partial charge in [-0.25, -0.2) is 21.6 Å². The number of sulfone groups is 1. The fourth-order valence-electron chi connectivity index (χ4n) is 1.76. The van der Waals surface area contributed by atoms with Crippen LogP contribution in [0.25, 0.3) is 0 Å². The molecule has 0 radical (unpaired) electrons. The van der Waals surface area contributed by atoms with Crippen molar-refractivity contribution in [3.63, 3.8) is 0 Å². The summed E-state index contributed by atoms with van der Waals surface area (Å²) in [6.45, 7) is 0. The van der Waals surface area contributed by atoms with E-state index in [0.29, 0.717) is 12.1 Å². The lowest BCUT2D eigenvalue weighted by molar-refractivity contribution is 0.190. The predicted molar refractivity (Wildman–Crippen MR) is 57.4 cm³/mol. The van der Waals surface area contributed by atoms with Gasteiger partial charge in [-0.05, 0) is 0 Å². The maximum absolute atomic E-state index is 13.3. The molecule has 0 aliphatic carbocycles. The van der Waals surface area contributed by atoms with Crippen molar-refractivity contribution in [2.75, 3.05) is 11.5 Å². The van der Waals surface area contributed by atoms with Gasteiger partial charge in [0, 0.05) is 12.1 Å². The Kier molecular flexibility index (Phi) is 3.24. The molecule has 1 fully saturated rings. The maximum atomic E-state index is 13.3. The average molecular weight is 281 g/mol. The molecule has 8 heteroatoms. The molecule has 18 heavy (non-hydrogen) atoms. The normalized spacial score (nSPS) is 26.2. The van der Waals surface area contributed by atoms with Gasteiger partial charge in [0.2, 0.25) is 0 Å². The van der Waals surface area contributed by atoms with E-state index in [9.17, 15) is 21.6 Å². The summed E-state index contributed by atoms with van der Waals surface area (Å²) in [5.41, 5.74) is 5.51. The van der Waals surface area contributed by atoms with E-state index in [1.165, 1.54) is 0 Å². The first-order valence-electron chi connectivity index (χ1n) is 5.06. The summed E-state index contributed by atoms with van der Waals surface area (Å²) in [5.74, 6) is -5.07. The van der Waals surface area contributed by atoms with Gasteiger partial charge in [0.05, 0.1) is 17.5 Å². The van der Waals surface area contributed by atoms with E-state index < -0.39 is 50.9 Å². The molecular weight excluding hydrogens is 271 g/mol. The highest BCUT2D eigenvalue weighted by atomic mass is 32.2. The zero-order chi connectivity index (χ0) is 13.5. The van der Waals surface area contributed by atoms with Crippen LogP contribution < -0.4 is 10.5 Å². The van der Waals surface area contributed by atoms with Gasteiger partial charge in [-0.15, -0.1) is 0 Å². The largest absolute Gasteiger partial charge is 0.482 e. The fourth-order valence-corrected chi connectivity index (χ4v) is 3.51. The Bertz CT molecular complexity index is 553. The summed E-state index contributed by atoms with van der Waals surface area (Å²) in [6.07, 6.45) is -1.04. The summed E-state index contributed by atoms with van der Waals surface area (Å²) in [7, 11) is -3.37. The fraction of sp³-hybridized carbons (Fsp3) is 0.400. The Hall–Kier alpha value is -1.28. The minimum absolute atomic E-state index is 0.303. The zero-order valence-corrected chi connectivity index (χ0v) is 9.88. The third-order valence-corrected chi connectivity index (χ3v) is 4.30. The second-order valence-corrected chi connectivity index (χ2v) is 6.25. The Labute approximate surface area is 101 Å². The van der Waals surface area contributed by atoms with Gasteiger partial charge in [-0.2, -0.15) is 0 Å². The number of nitrogens with two attached hydrogens (primary N) is 1. The molecule has 2 unspecified atom stereocenters. The molecule has 2 rings (SSSR count). The summed E-state index contributed by atoms with van der Waals surface area (Å²) in [5, 5.41) is 0. The van der Waals surface area contributed by atoms with Crippen LogP contribution in [0.4, 0.5) is 13.2 Å². The van der Waals surface area contributed by atoms with Crippen molar-refractivity contribution in [2.45, 2.75) is 12.1 Å². The first-order valence-corrected chi connectivity index (χ1v) is 6.88. The smallest absolute Gasteiger partial charge is 0.191 e. The molecular formula is C10H10F3NO3S. The lowest BCUT2D eigenvalue weighted by atomic mass is 10.2. The highest BCUT2D eigenvalue weighted by Gasteiger charge is 2.37. The standard InChI is InChI=1S/C10H10F3NO3S/c11-5-1-6(12)10(7(13)2-5)17-9-4-18(15,16)3-8(9)14/h1-2,8-9H,3-4,14H2. The number of halogens is 3. The van der Waals surface area contributed by atoms with E-state index in [1.807, 2.05) is 0 Å². The van der Waals surface area contributed by atoms with Crippen LogP contribution in [-0.4, -0.2) is 32.1 Å². The Morgan fingerprint density at radius 1 is 1.17 bits per heavy atom. The van der Waals surface area contributed by atoms with Crippen LogP contribution in [0.1, 0.15) is 0 Å². The van der Waals surface area contributed by atoms with Crippen molar-refractivity contribution in [3.05, 3.63) is 29.6 Å². The molecule has 0 spiro atoms. The molecule has 1 aromatic carbocycles. The molecule has 1 aliphatic rings. The molecule has 2 atom stereocenters. The summed E-state index contributed by atoms with van der Waals surface area (Å²) < 4.78 is 66.7. The van der Waals surface area contributed by atoms with Crippen LogP contribution in [-0.2, 0) is 9.84 Å². The number of hydrogen-bond donors (Lipinski definition) is 1. The first kappa shape index (κ1) is 13.2. The van der Waals surface area contributed by atoms with E-state index in [2.05, 4.69) is 0 Å². The zero-order valence-electron chi connectivity index (χ0n) is 9.07. The van der Waals surface area contributed by atoms with Crippen molar-refractivity contribution < 1.29 is 26.3 Å². The highest BCUT2D eigenvalue weighted by molar-refractivity contribution is 7.91. The molecule has 4 nitrogen and oxygen atoms in total. The van der Waals surface area contributed by atoms with E-state index >= 15 is 0 Å². The SMILES string of the molecule is NC1CS(=O)(=O)CC1Oc1c(F)cc(F)cc1F. The van der Waals surface area contributed by atoms with Crippen LogP contribution in [0.15, 0.2) is 12.1 Å². The second-order valence-electron chi connectivity index (χ2n) is 4.10. The topological polar surface area (TPSA) is 69.4 Å². The molecule has 0 bridgehead atoms. The Morgan fingerprint density at radius 3 is 2.17 bits per heavy atom. The van der Waals surface area contributed by atoms with Crippen molar-refractivity contribution >= 4 is 9.84 Å². The second kappa shape index (κ2) is 4.43. The molecule has 1 aliphatic heterocycles. The third kappa shape index (κ3) is 2.59. The van der Waals surface area contributed by atoms with Gasteiger partial charge >= 0.3 is 0 Å². The minimum atomic E-state index is -3.37.